The Labute approximate surface area is 163 Å². The van der Waals surface area contributed by atoms with Crippen LogP contribution in [-0.4, -0.2) is 19.8 Å². The van der Waals surface area contributed by atoms with Crippen molar-refractivity contribution in [1.29, 1.82) is 0 Å². The number of amides is 1. The standard InChI is InChI=1S/C19H13ClN4O2S/c20-12-6-4-11(5-7-12)15-10-16(22-26-15)19(8-9-19)18(25)21-13-2-1-3-14-17(13)24-27-23-14/h1-7,10H,8-9H2,(H,21,25). The normalized spacial score (nSPS) is 15.0. The molecule has 1 saturated carbocycles. The SMILES string of the molecule is O=C(Nc1cccc2nsnc12)C1(c2cc(-c3ccc(Cl)cc3)on2)CC1. The van der Waals surface area contributed by atoms with E-state index in [1.54, 1.807) is 12.1 Å². The van der Waals surface area contributed by atoms with E-state index in [2.05, 4.69) is 19.2 Å². The van der Waals surface area contributed by atoms with Crippen LogP contribution in [0.25, 0.3) is 22.4 Å². The van der Waals surface area contributed by atoms with Crippen LogP contribution in [0.2, 0.25) is 5.02 Å². The maximum absolute atomic E-state index is 13.0. The zero-order chi connectivity index (χ0) is 18.4. The Hall–Kier alpha value is -2.77. The number of aromatic nitrogens is 3. The molecule has 0 spiro atoms. The third-order valence-corrected chi connectivity index (χ3v) is 5.64. The maximum Gasteiger partial charge on any atom is 0.236 e. The number of nitrogens with zero attached hydrogens (tertiary/aromatic N) is 3. The number of hydrogen-bond donors (Lipinski definition) is 1. The Morgan fingerprint density at radius 1 is 1.15 bits per heavy atom. The van der Waals surface area contributed by atoms with Crippen molar-refractivity contribution < 1.29 is 9.32 Å². The van der Waals surface area contributed by atoms with Gasteiger partial charge in [-0.25, -0.2) is 0 Å². The minimum absolute atomic E-state index is 0.0982. The van der Waals surface area contributed by atoms with Crippen LogP contribution in [0, 0.1) is 0 Å². The first-order valence-electron chi connectivity index (χ1n) is 8.42. The smallest absolute Gasteiger partial charge is 0.236 e. The molecule has 0 bridgehead atoms. The van der Waals surface area contributed by atoms with E-state index in [1.807, 2.05) is 36.4 Å². The van der Waals surface area contributed by atoms with E-state index in [-0.39, 0.29) is 5.91 Å². The van der Waals surface area contributed by atoms with E-state index in [0.29, 0.717) is 27.7 Å². The Balaban J connectivity index is 1.42. The van der Waals surface area contributed by atoms with Crippen LogP contribution in [-0.2, 0) is 10.2 Å². The third kappa shape index (κ3) is 2.79. The fourth-order valence-corrected chi connectivity index (χ4v) is 3.80. The van der Waals surface area contributed by atoms with Crippen LogP contribution in [0.15, 0.2) is 53.1 Å². The molecule has 0 radical (unpaired) electrons. The molecule has 5 rings (SSSR count). The van der Waals surface area contributed by atoms with Gasteiger partial charge in [-0.05, 0) is 49.2 Å². The quantitative estimate of drug-likeness (QED) is 0.542. The zero-order valence-electron chi connectivity index (χ0n) is 14.0. The number of hydrogen-bond acceptors (Lipinski definition) is 6. The molecule has 2 aromatic carbocycles. The molecule has 0 aliphatic heterocycles. The molecule has 1 fully saturated rings. The van der Waals surface area contributed by atoms with E-state index in [4.69, 9.17) is 16.1 Å². The molecule has 1 aliphatic rings. The second-order valence-corrected chi connectivity index (χ2v) is 7.52. The summed E-state index contributed by atoms with van der Waals surface area (Å²) in [4.78, 5) is 13.0. The summed E-state index contributed by atoms with van der Waals surface area (Å²) in [5.74, 6) is 0.519. The van der Waals surface area contributed by atoms with Gasteiger partial charge in [0.25, 0.3) is 0 Å². The Morgan fingerprint density at radius 2 is 1.96 bits per heavy atom. The Kier molecular flexibility index (Phi) is 3.73. The number of carbonyl (C=O) groups excluding carboxylic acids is 1. The van der Waals surface area contributed by atoms with Crippen LogP contribution in [0.1, 0.15) is 18.5 Å². The number of nitrogens with one attached hydrogen (secondary N) is 1. The molecular weight excluding hydrogens is 384 g/mol. The number of fused-ring (bicyclic) bond motifs is 1. The zero-order valence-corrected chi connectivity index (χ0v) is 15.5. The van der Waals surface area contributed by atoms with Gasteiger partial charge in [0.05, 0.1) is 28.5 Å². The first kappa shape index (κ1) is 16.4. The van der Waals surface area contributed by atoms with Gasteiger partial charge >= 0.3 is 0 Å². The van der Waals surface area contributed by atoms with Crippen molar-refractivity contribution in [3.05, 3.63) is 59.2 Å². The molecule has 1 amide bonds. The average Bonchev–Trinajstić information content (AvgIpc) is 3.11. The van der Waals surface area contributed by atoms with Gasteiger partial charge in [0.1, 0.15) is 11.0 Å². The second kappa shape index (κ2) is 6.14. The summed E-state index contributed by atoms with van der Waals surface area (Å²) in [5, 5.41) is 7.82. The minimum atomic E-state index is -0.653. The van der Waals surface area contributed by atoms with Gasteiger partial charge in [-0.1, -0.05) is 22.8 Å². The molecule has 134 valence electrons. The molecule has 0 unspecified atom stereocenters. The summed E-state index contributed by atoms with van der Waals surface area (Å²) in [5.41, 5.74) is 3.00. The molecule has 8 heteroatoms. The third-order valence-electron chi connectivity index (χ3n) is 4.85. The monoisotopic (exact) mass is 396 g/mol. The van der Waals surface area contributed by atoms with Gasteiger partial charge in [-0.2, -0.15) is 8.75 Å². The lowest BCUT2D eigenvalue weighted by Gasteiger charge is -2.12. The summed E-state index contributed by atoms with van der Waals surface area (Å²) >= 11 is 7.06. The predicted molar refractivity (Wildman–Crippen MR) is 104 cm³/mol. The summed E-state index contributed by atoms with van der Waals surface area (Å²) in [6.07, 6.45) is 1.47. The molecular formula is C19H13ClN4O2S. The van der Waals surface area contributed by atoms with Crippen molar-refractivity contribution in [1.82, 2.24) is 13.9 Å². The highest BCUT2D eigenvalue weighted by Crippen LogP contribution is 2.49. The topological polar surface area (TPSA) is 80.9 Å². The molecule has 1 aliphatic carbocycles. The molecule has 2 heterocycles. The lowest BCUT2D eigenvalue weighted by Crippen LogP contribution is -2.28. The van der Waals surface area contributed by atoms with Gasteiger partial charge in [0, 0.05) is 16.7 Å². The summed E-state index contributed by atoms with van der Waals surface area (Å²) < 4.78 is 14.0. The molecule has 1 N–H and O–H groups in total. The molecule has 27 heavy (non-hydrogen) atoms. The van der Waals surface area contributed by atoms with Crippen LogP contribution < -0.4 is 5.32 Å². The highest BCUT2D eigenvalue weighted by Gasteiger charge is 2.54. The maximum atomic E-state index is 13.0. The number of anilines is 1. The van der Waals surface area contributed by atoms with Crippen LogP contribution in [0.5, 0.6) is 0 Å². The van der Waals surface area contributed by atoms with Crippen LogP contribution in [0.3, 0.4) is 0 Å². The molecule has 6 nitrogen and oxygen atoms in total. The van der Waals surface area contributed by atoms with Gasteiger partial charge in [0.2, 0.25) is 5.91 Å². The second-order valence-electron chi connectivity index (χ2n) is 6.56. The highest BCUT2D eigenvalue weighted by molar-refractivity contribution is 7.00. The summed E-state index contributed by atoms with van der Waals surface area (Å²) in [7, 11) is 0. The Bertz CT molecular complexity index is 1150. The van der Waals surface area contributed by atoms with E-state index in [0.717, 1.165) is 35.6 Å². The lowest BCUT2D eigenvalue weighted by molar-refractivity contribution is -0.118. The number of benzene rings is 2. The van der Waals surface area contributed by atoms with Crippen LogP contribution in [0.4, 0.5) is 5.69 Å². The molecule has 2 aromatic heterocycles. The van der Waals surface area contributed by atoms with E-state index < -0.39 is 5.41 Å². The average molecular weight is 397 g/mol. The minimum Gasteiger partial charge on any atom is -0.356 e. The van der Waals surface area contributed by atoms with E-state index in [9.17, 15) is 4.79 Å². The predicted octanol–water partition coefficient (Wildman–Crippen LogP) is 4.67. The number of rotatable bonds is 4. The van der Waals surface area contributed by atoms with Crippen molar-refractivity contribution in [3.63, 3.8) is 0 Å². The fourth-order valence-electron chi connectivity index (χ4n) is 3.12. The van der Waals surface area contributed by atoms with Gasteiger partial charge in [-0.3, -0.25) is 4.79 Å². The highest BCUT2D eigenvalue weighted by atomic mass is 35.5. The van der Waals surface area contributed by atoms with Crippen molar-refractivity contribution in [2.24, 2.45) is 0 Å². The summed E-state index contributed by atoms with van der Waals surface area (Å²) in [6.45, 7) is 0. The molecule has 4 aromatic rings. The van der Waals surface area contributed by atoms with Crippen molar-refractivity contribution in [2.45, 2.75) is 18.3 Å². The lowest BCUT2D eigenvalue weighted by atomic mass is 10.00. The first-order chi connectivity index (χ1) is 13.2. The van der Waals surface area contributed by atoms with Crippen LogP contribution >= 0.6 is 23.3 Å². The van der Waals surface area contributed by atoms with E-state index in [1.165, 1.54) is 0 Å². The largest absolute Gasteiger partial charge is 0.356 e. The van der Waals surface area contributed by atoms with Gasteiger partial charge in [0.15, 0.2) is 5.76 Å². The van der Waals surface area contributed by atoms with E-state index >= 15 is 0 Å². The van der Waals surface area contributed by atoms with Gasteiger partial charge < -0.3 is 9.84 Å². The number of carbonyl (C=O) groups is 1. The Morgan fingerprint density at radius 3 is 2.74 bits per heavy atom. The molecule has 0 atom stereocenters. The van der Waals surface area contributed by atoms with Gasteiger partial charge in [-0.15, -0.1) is 0 Å². The van der Waals surface area contributed by atoms with Crippen molar-refractivity contribution >= 4 is 46.0 Å². The first-order valence-corrected chi connectivity index (χ1v) is 9.52. The number of halogens is 1. The van der Waals surface area contributed by atoms with Crippen molar-refractivity contribution in [2.75, 3.05) is 5.32 Å². The fraction of sp³-hybridized carbons (Fsp3) is 0.158. The van der Waals surface area contributed by atoms with Crippen molar-refractivity contribution in [3.8, 4) is 11.3 Å². The molecule has 0 saturated heterocycles. The summed E-state index contributed by atoms with van der Waals surface area (Å²) in [6, 6.07) is 14.7.